The zero-order valence-electron chi connectivity index (χ0n) is 7.66. The van der Waals surface area contributed by atoms with E-state index in [1.54, 1.807) is 14.2 Å². The molecule has 0 heterocycles. The second-order valence-corrected chi connectivity index (χ2v) is 3.24. The van der Waals surface area contributed by atoms with Crippen LogP contribution in [0.15, 0.2) is 0 Å². The molecule has 0 radical (unpaired) electrons. The Morgan fingerprint density at radius 1 is 1.25 bits per heavy atom. The lowest BCUT2D eigenvalue weighted by Gasteiger charge is -2.31. The highest BCUT2D eigenvalue weighted by atomic mass is 16.5. The van der Waals surface area contributed by atoms with Crippen molar-refractivity contribution in [3.8, 4) is 0 Å². The Morgan fingerprint density at radius 2 is 2.00 bits per heavy atom. The van der Waals surface area contributed by atoms with Crippen molar-refractivity contribution >= 4 is 6.29 Å². The zero-order chi connectivity index (χ0) is 8.97. The van der Waals surface area contributed by atoms with Gasteiger partial charge in [0.25, 0.3) is 0 Å². The van der Waals surface area contributed by atoms with Crippen LogP contribution in [-0.2, 0) is 14.3 Å². The molecule has 3 atom stereocenters. The predicted octanol–water partition coefficient (Wildman–Crippen LogP) is 1.02. The Hall–Kier alpha value is -0.410. The van der Waals surface area contributed by atoms with E-state index in [2.05, 4.69) is 0 Å². The van der Waals surface area contributed by atoms with Crippen LogP contribution in [-0.4, -0.2) is 32.7 Å². The third-order valence-electron chi connectivity index (χ3n) is 2.61. The van der Waals surface area contributed by atoms with Crippen molar-refractivity contribution in [3.63, 3.8) is 0 Å². The summed E-state index contributed by atoms with van der Waals surface area (Å²) >= 11 is 0. The van der Waals surface area contributed by atoms with Crippen molar-refractivity contribution in [3.05, 3.63) is 0 Å². The van der Waals surface area contributed by atoms with Crippen molar-refractivity contribution in [2.45, 2.75) is 31.5 Å². The van der Waals surface area contributed by atoms with Crippen LogP contribution in [0.4, 0.5) is 0 Å². The topological polar surface area (TPSA) is 35.5 Å². The summed E-state index contributed by atoms with van der Waals surface area (Å²) in [6.07, 6.45) is 4.03. The number of carbonyl (C=O) groups is 1. The van der Waals surface area contributed by atoms with Crippen LogP contribution in [0.3, 0.4) is 0 Å². The van der Waals surface area contributed by atoms with Crippen LogP contribution in [0.2, 0.25) is 0 Å². The van der Waals surface area contributed by atoms with Gasteiger partial charge in [0.2, 0.25) is 0 Å². The summed E-state index contributed by atoms with van der Waals surface area (Å²) in [6, 6.07) is 0. The van der Waals surface area contributed by atoms with Crippen molar-refractivity contribution in [1.29, 1.82) is 0 Å². The average molecular weight is 172 g/mol. The molecule has 0 saturated heterocycles. The molecule has 3 nitrogen and oxygen atoms in total. The van der Waals surface area contributed by atoms with Gasteiger partial charge < -0.3 is 14.3 Å². The zero-order valence-corrected chi connectivity index (χ0v) is 7.66. The van der Waals surface area contributed by atoms with Crippen LogP contribution in [0, 0.1) is 5.92 Å². The third-order valence-corrected chi connectivity index (χ3v) is 2.61. The van der Waals surface area contributed by atoms with E-state index < -0.39 is 0 Å². The Bertz CT molecular complexity index is 147. The van der Waals surface area contributed by atoms with Crippen molar-refractivity contribution < 1.29 is 14.3 Å². The van der Waals surface area contributed by atoms with Crippen LogP contribution < -0.4 is 0 Å². The molecule has 0 bridgehead atoms. The van der Waals surface area contributed by atoms with Crippen molar-refractivity contribution in [2.24, 2.45) is 5.92 Å². The van der Waals surface area contributed by atoms with Crippen LogP contribution in [0.25, 0.3) is 0 Å². The fourth-order valence-corrected chi connectivity index (χ4v) is 1.76. The molecule has 0 aromatic heterocycles. The smallest absolute Gasteiger partial charge is 0.125 e. The molecule has 1 saturated carbocycles. The maximum atomic E-state index is 10.6. The molecule has 0 amide bonds. The summed E-state index contributed by atoms with van der Waals surface area (Å²) < 4.78 is 10.4. The number of rotatable bonds is 3. The van der Waals surface area contributed by atoms with Crippen molar-refractivity contribution in [2.75, 3.05) is 14.2 Å². The molecule has 0 spiro atoms. The fourth-order valence-electron chi connectivity index (χ4n) is 1.76. The summed E-state index contributed by atoms with van der Waals surface area (Å²) in [5.74, 6) is 0.0707. The minimum atomic E-state index is 0.0567. The Balaban J connectivity index is 2.46. The highest BCUT2D eigenvalue weighted by Crippen LogP contribution is 2.26. The SMILES string of the molecule is COC1CCC(C=O)C(OC)C1. The van der Waals surface area contributed by atoms with Gasteiger partial charge in [0, 0.05) is 26.6 Å². The number of aldehydes is 1. The largest absolute Gasteiger partial charge is 0.381 e. The molecule has 70 valence electrons. The Kier molecular flexibility index (Phi) is 3.69. The van der Waals surface area contributed by atoms with E-state index in [0.29, 0.717) is 0 Å². The van der Waals surface area contributed by atoms with Crippen LogP contribution >= 0.6 is 0 Å². The van der Waals surface area contributed by atoms with Gasteiger partial charge in [-0.15, -0.1) is 0 Å². The van der Waals surface area contributed by atoms with E-state index in [1.165, 1.54) is 0 Å². The maximum absolute atomic E-state index is 10.6. The van der Waals surface area contributed by atoms with Gasteiger partial charge in [-0.05, 0) is 12.8 Å². The molecule has 3 unspecified atom stereocenters. The lowest BCUT2D eigenvalue weighted by atomic mass is 9.85. The lowest BCUT2D eigenvalue weighted by molar-refractivity contribution is -0.119. The van der Waals surface area contributed by atoms with Crippen LogP contribution in [0.5, 0.6) is 0 Å². The molecule has 0 N–H and O–H groups in total. The van der Waals surface area contributed by atoms with E-state index in [0.717, 1.165) is 25.5 Å². The van der Waals surface area contributed by atoms with E-state index in [4.69, 9.17) is 9.47 Å². The normalized spacial score (nSPS) is 36.3. The first kappa shape index (κ1) is 9.68. The molecular weight excluding hydrogens is 156 g/mol. The minimum absolute atomic E-state index is 0.0567. The third kappa shape index (κ3) is 2.05. The first-order valence-electron chi connectivity index (χ1n) is 4.32. The molecule has 1 aliphatic rings. The second-order valence-electron chi connectivity index (χ2n) is 3.24. The first-order valence-corrected chi connectivity index (χ1v) is 4.32. The van der Waals surface area contributed by atoms with Gasteiger partial charge in [-0.3, -0.25) is 0 Å². The number of hydrogen-bond donors (Lipinski definition) is 0. The molecule has 1 aliphatic carbocycles. The van der Waals surface area contributed by atoms with E-state index in [-0.39, 0.29) is 18.1 Å². The van der Waals surface area contributed by atoms with Crippen LogP contribution in [0.1, 0.15) is 19.3 Å². The molecule has 3 heteroatoms. The summed E-state index contributed by atoms with van der Waals surface area (Å²) in [5.41, 5.74) is 0. The van der Waals surface area contributed by atoms with Gasteiger partial charge in [-0.2, -0.15) is 0 Å². The van der Waals surface area contributed by atoms with Crippen molar-refractivity contribution in [1.82, 2.24) is 0 Å². The molecule has 1 fully saturated rings. The molecular formula is C9H16O3. The van der Waals surface area contributed by atoms with E-state index in [9.17, 15) is 4.79 Å². The highest BCUT2D eigenvalue weighted by molar-refractivity contribution is 5.54. The molecule has 0 aromatic rings. The second kappa shape index (κ2) is 4.58. The minimum Gasteiger partial charge on any atom is -0.381 e. The maximum Gasteiger partial charge on any atom is 0.125 e. The molecule has 0 aromatic carbocycles. The van der Waals surface area contributed by atoms with Gasteiger partial charge in [0.15, 0.2) is 0 Å². The predicted molar refractivity (Wildman–Crippen MR) is 45.0 cm³/mol. The Labute approximate surface area is 73.0 Å². The van der Waals surface area contributed by atoms with Gasteiger partial charge in [0.1, 0.15) is 6.29 Å². The average Bonchev–Trinajstić information content (AvgIpc) is 2.16. The lowest BCUT2D eigenvalue weighted by Crippen LogP contribution is -2.35. The molecule has 12 heavy (non-hydrogen) atoms. The quantitative estimate of drug-likeness (QED) is 0.596. The van der Waals surface area contributed by atoms with Gasteiger partial charge in [-0.1, -0.05) is 0 Å². The van der Waals surface area contributed by atoms with Gasteiger partial charge >= 0.3 is 0 Å². The number of carbonyl (C=O) groups excluding carboxylic acids is 1. The summed E-state index contributed by atoms with van der Waals surface area (Å²) in [7, 11) is 3.36. The number of hydrogen-bond acceptors (Lipinski definition) is 3. The Morgan fingerprint density at radius 3 is 2.50 bits per heavy atom. The number of methoxy groups -OCH3 is 2. The summed E-state index contributed by atoms with van der Waals surface area (Å²) in [4.78, 5) is 10.6. The first-order chi connectivity index (χ1) is 5.81. The highest BCUT2D eigenvalue weighted by Gasteiger charge is 2.29. The molecule has 0 aliphatic heterocycles. The van der Waals surface area contributed by atoms with Gasteiger partial charge in [0.05, 0.1) is 12.2 Å². The summed E-state index contributed by atoms with van der Waals surface area (Å²) in [5, 5.41) is 0. The molecule has 1 rings (SSSR count). The fraction of sp³-hybridized carbons (Fsp3) is 0.889. The number of ether oxygens (including phenoxy) is 2. The standard InChI is InChI=1S/C9H16O3/c1-11-8-4-3-7(6-10)9(5-8)12-2/h6-9H,3-5H2,1-2H3. The van der Waals surface area contributed by atoms with Gasteiger partial charge in [-0.25, -0.2) is 0 Å². The van der Waals surface area contributed by atoms with E-state index in [1.807, 2.05) is 0 Å². The summed E-state index contributed by atoms with van der Waals surface area (Å²) in [6.45, 7) is 0. The van der Waals surface area contributed by atoms with E-state index >= 15 is 0 Å². The monoisotopic (exact) mass is 172 g/mol.